The van der Waals surface area contributed by atoms with E-state index < -0.39 is 0 Å². The largest absolute Gasteiger partial charge is 0.350 e. The Balaban J connectivity index is 1.52. The van der Waals surface area contributed by atoms with E-state index in [2.05, 4.69) is 10.3 Å². The quantitative estimate of drug-likeness (QED) is 0.732. The molecule has 1 aliphatic heterocycles. The molecule has 7 heteroatoms. The summed E-state index contributed by atoms with van der Waals surface area (Å²) < 4.78 is 20.4. The van der Waals surface area contributed by atoms with Gasteiger partial charge in [0, 0.05) is 30.6 Å². The van der Waals surface area contributed by atoms with E-state index in [1.807, 2.05) is 16.9 Å². The van der Waals surface area contributed by atoms with Crippen LogP contribution in [-0.4, -0.2) is 38.3 Å². The Hall–Kier alpha value is -2.96. The molecule has 128 valence electrons. The van der Waals surface area contributed by atoms with E-state index in [1.165, 1.54) is 12.1 Å². The first kappa shape index (κ1) is 15.6. The van der Waals surface area contributed by atoms with E-state index in [4.69, 9.17) is 4.52 Å². The minimum atomic E-state index is -0.354. The van der Waals surface area contributed by atoms with Gasteiger partial charge in [-0.15, -0.1) is 0 Å². The number of benzene rings is 1. The van der Waals surface area contributed by atoms with Crippen molar-refractivity contribution in [1.29, 1.82) is 0 Å². The van der Waals surface area contributed by atoms with Gasteiger partial charge in [0.2, 0.25) is 5.76 Å². The maximum absolute atomic E-state index is 13.4. The fourth-order valence-corrected chi connectivity index (χ4v) is 3.22. The van der Waals surface area contributed by atoms with E-state index in [-0.39, 0.29) is 23.5 Å². The molecule has 0 radical (unpaired) electrons. The lowest BCUT2D eigenvalue weighted by Crippen LogP contribution is -2.38. The molecule has 1 fully saturated rings. The van der Waals surface area contributed by atoms with E-state index in [9.17, 15) is 9.18 Å². The number of amides is 1. The van der Waals surface area contributed by atoms with Crippen LogP contribution in [0.15, 0.2) is 53.3 Å². The smallest absolute Gasteiger partial charge is 0.292 e. The summed E-state index contributed by atoms with van der Waals surface area (Å²) in [6.07, 6.45) is 5.49. The molecular formula is C18H17FN4O2. The molecule has 0 spiro atoms. The Morgan fingerprint density at radius 3 is 3.04 bits per heavy atom. The van der Waals surface area contributed by atoms with Gasteiger partial charge < -0.3 is 9.42 Å². The summed E-state index contributed by atoms with van der Waals surface area (Å²) in [5.74, 6) is -0.372. The Morgan fingerprint density at radius 2 is 2.24 bits per heavy atom. The third kappa shape index (κ3) is 3.17. The number of hydrogen-bond donors (Lipinski definition) is 0. The molecule has 1 atom stereocenters. The van der Waals surface area contributed by atoms with Gasteiger partial charge >= 0.3 is 0 Å². The van der Waals surface area contributed by atoms with Crippen molar-refractivity contribution in [1.82, 2.24) is 19.8 Å². The number of carbonyl (C=O) groups excluding carboxylic acids is 1. The molecule has 4 rings (SSSR count). The minimum Gasteiger partial charge on any atom is -0.350 e. The van der Waals surface area contributed by atoms with Gasteiger partial charge in [-0.1, -0.05) is 17.3 Å². The van der Waals surface area contributed by atoms with Crippen molar-refractivity contribution in [2.24, 2.45) is 0 Å². The molecule has 1 amide bonds. The van der Waals surface area contributed by atoms with E-state index in [0.29, 0.717) is 24.3 Å². The van der Waals surface area contributed by atoms with Crippen LogP contribution in [0.3, 0.4) is 0 Å². The van der Waals surface area contributed by atoms with Gasteiger partial charge in [-0.05, 0) is 31.0 Å². The second kappa shape index (κ2) is 6.51. The normalized spacial score (nSPS) is 17.2. The van der Waals surface area contributed by atoms with Crippen molar-refractivity contribution in [2.75, 3.05) is 6.54 Å². The summed E-state index contributed by atoms with van der Waals surface area (Å²) in [6, 6.07) is 9.56. The molecule has 2 aromatic heterocycles. The first-order valence-electron chi connectivity index (χ1n) is 8.22. The van der Waals surface area contributed by atoms with Crippen LogP contribution in [0.1, 0.15) is 23.4 Å². The Bertz CT molecular complexity index is 875. The van der Waals surface area contributed by atoms with E-state index >= 15 is 0 Å². The highest BCUT2D eigenvalue weighted by Crippen LogP contribution is 2.24. The second-order valence-corrected chi connectivity index (χ2v) is 6.11. The molecule has 25 heavy (non-hydrogen) atoms. The predicted octanol–water partition coefficient (Wildman–Crippen LogP) is 2.98. The highest BCUT2D eigenvalue weighted by Gasteiger charge is 2.32. The van der Waals surface area contributed by atoms with E-state index in [1.54, 1.807) is 29.3 Å². The SMILES string of the molecule is O=C(c1cc(-c2cccc(F)c2)no1)N1CCCC1Cn1cccn1. The number of nitrogens with zero attached hydrogens (tertiary/aromatic N) is 4. The maximum Gasteiger partial charge on any atom is 0.292 e. The molecule has 1 aromatic carbocycles. The minimum absolute atomic E-state index is 0.0788. The lowest BCUT2D eigenvalue weighted by Gasteiger charge is -2.23. The average molecular weight is 340 g/mol. The number of carbonyl (C=O) groups is 1. The zero-order chi connectivity index (χ0) is 17.2. The molecule has 1 aliphatic rings. The number of aromatic nitrogens is 3. The molecule has 0 N–H and O–H groups in total. The van der Waals surface area contributed by atoms with Crippen molar-refractivity contribution in [3.05, 3.63) is 60.4 Å². The Morgan fingerprint density at radius 1 is 1.32 bits per heavy atom. The molecule has 1 saturated heterocycles. The van der Waals surface area contributed by atoms with Crippen LogP contribution in [-0.2, 0) is 6.54 Å². The molecule has 0 bridgehead atoms. The lowest BCUT2D eigenvalue weighted by molar-refractivity contribution is 0.0679. The molecule has 0 aliphatic carbocycles. The van der Waals surface area contributed by atoms with Crippen LogP contribution in [0.25, 0.3) is 11.3 Å². The fourth-order valence-electron chi connectivity index (χ4n) is 3.22. The Kier molecular flexibility index (Phi) is 4.05. The summed E-state index contributed by atoms with van der Waals surface area (Å²) in [5, 5.41) is 8.12. The van der Waals surface area contributed by atoms with Crippen LogP contribution in [0, 0.1) is 5.82 Å². The van der Waals surface area contributed by atoms with Crippen LogP contribution < -0.4 is 0 Å². The first-order valence-corrected chi connectivity index (χ1v) is 8.22. The van der Waals surface area contributed by atoms with Crippen molar-refractivity contribution >= 4 is 5.91 Å². The van der Waals surface area contributed by atoms with Gasteiger partial charge in [-0.3, -0.25) is 9.48 Å². The summed E-state index contributed by atoms with van der Waals surface area (Å²) in [7, 11) is 0. The van der Waals surface area contributed by atoms with Crippen LogP contribution >= 0.6 is 0 Å². The first-order chi connectivity index (χ1) is 12.2. The summed E-state index contributed by atoms with van der Waals surface area (Å²) >= 11 is 0. The van der Waals surface area contributed by atoms with E-state index in [0.717, 1.165) is 12.8 Å². The molecule has 3 aromatic rings. The summed E-state index contributed by atoms with van der Waals surface area (Å²) in [5.41, 5.74) is 1.03. The van der Waals surface area contributed by atoms with Gasteiger partial charge in [0.1, 0.15) is 11.5 Å². The van der Waals surface area contributed by atoms with Gasteiger partial charge in [0.15, 0.2) is 0 Å². The van der Waals surface area contributed by atoms with Gasteiger partial charge in [0.25, 0.3) is 5.91 Å². The number of hydrogen-bond acceptors (Lipinski definition) is 4. The molecule has 0 saturated carbocycles. The predicted molar refractivity (Wildman–Crippen MR) is 88.2 cm³/mol. The molecular weight excluding hydrogens is 323 g/mol. The lowest BCUT2D eigenvalue weighted by atomic mass is 10.1. The fraction of sp³-hybridized carbons (Fsp3) is 0.278. The highest BCUT2D eigenvalue weighted by molar-refractivity contribution is 5.92. The highest BCUT2D eigenvalue weighted by atomic mass is 19.1. The van der Waals surface area contributed by atoms with Gasteiger partial charge in [0.05, 0.1) is 12.6 Å². The number of likely N-dealkylation sites (tertiary alicyclic amines) is 1. The van der Waals surface area contributed by atoms with Crippen LogP contribution in [0.2, 0.25) is 0 Å². The van der Waals surface area contributed by atoms with Crippen molar-refractivity contribution in [3.8, 4) is 11.3 Å². The third-order valence-corrected chi connectivity index (χ3v) is 4.44. The monoisotopic (exact) mass is 340 g/mol. The van der Waals surface area contributed by atoms with Crippen molar-refractivity contribution in [2.45, 2.75) is 25.4 Å². The molecule has 6 nitrogen and oxygen atoms in total. The zero-order valence-electron chi connectivity index (χ0n) is 13.5. The average Bonchev–Trinajstić information content (AvgIpc) is 3.36. The number of rotatable bonds is 4. The maximum atomic E-state index is 13.4. The number of halogens is 1. The third-order valence-electron chi connectivity index (χ3n) is 4.44. The summed E-state index contributed by atoms with van der Waals surface area (Å²) in [4.78, 5) is 14.6. The van der Waals surface area contributed by atoms with Gasteiger partial charge in [-0.2, -0.15) is 5.10 Å². The summed E-state index contributed by atoms with van der Waals surface area (Å²) in [6.45, 7) is 1.34. The Labute approximate surface area is 143 Å². The zero-order valence-corrected chi connectivity index (χ0v) is 13.5. The van der Waals surface area contributed by atoms with Gasteiger partial charge in [-0.25, -0.2) is 4.39 Å². The molecule has 1 unspecified atom stereocenters. The topological polar surface area (TPSA) is 64.2 Å². The standard InChI is InChI=1S/C18H17FN4O2/c19-14-5-1-4-13(10-14)16-11-17(25-21-16)18(24)23-9-2-6-15(23)12-22-8-3-7-20-22/h1,3-5,7-8,10-11,15H,2,6,9,12H2. The van der Waals surface area contributed by atoms with Crippen LogP contribution in [0.4, 0.5) is 4.39 Å². The van der Waals surface area contributed by atoms with Crippen molar-refractivity contribution < 1.29 is 13.7 Å². The van der Waals surface area contributed by atoms with Crippen LogP contribution in [0.5, 0.6) is 0 Å². The van der Waals surface area contributed by atoms with Crippen molar-refractivity contribution in [3.63, 3.8) is 0 Å². The molecule has 3 heterocycles. The second-order valence-electron chi connectivity index (χ2n) is 6.11.